The molecule has 0 aliphatic carbocycles. The lowest BCUT2D eigenvalue weighted by molar-refractivity contribution is -0.117. The van der Waals surface area contributed by atoms with Gasteiger partial charge in [0, 0.05) is 0 Å². The number of carbonyl (C=O) groups excluding carboxylic acids is 2. The molecule has 4 rings (SSSR count). The minimum absolute atomic E-state index is 0.0657. The van der Waals surface area contributed by atoms with Crippen LogP contribution in [0.15, 0.2) is 81.2 Å². The zero-order valence-electron chi connectivity index (χ0n) is 16.6. The van der Waals surface area contributed by atoms with Gasteiger partial charge in [0.05, 0.1) is 14.6 Å². The maximum atomic E-state index is 12.8. The van der Waals surface area contributed by atoms with Crippen molar-refractivity contribution in [1.82, 2.24) is 5.43 Å². The number of para-hydroxylation sites is 1. The minimum atomic E-state index is -0.444. The molecule has 2 amide bonds. The molecule has 7 heteroatoms. The molecule has 5 nitrogen and oxygen atoms in total. The minimum Gasteiger partial charge on any atom is -0.487 e. The smallest absolute Gasteiger partial charge is 0.282 e. The van der Waals surface area contributed by atoms with Crippen molar-refractivity contribution in [2.45, 2.75) is 13.5 Å². The molecule has 1 fully saturated rings. The third-order valence-electron chi connectivity index (χ3n) is 4.74. The number of nitrogens with one attached hydrogen (secondary N) is 1. The molecule has 1 aliphatic rings. The van der Waals surface area contributed by atoms with Gasteiger partial charge in [0.25, 0.3) is 11.8 Å². The van der Waals surface area contributed by atoms with Crippen molar-refractivity contribution >= 4 is 55.4 Å². The first-order valence-electron chi connectivity index (χ1n) is 9.52. The van der Waals surface area contributed by atoms with E-state index in [9.17, 15) is 9.59 Å². The number of nitrogens with zero attached hydrogens (tertiary/aromatic N) is 1. The molecule has 0 spiro atoms. The van der Waals surface area contributed by atoms with E-state index >= 15 is 0 Å². The van der Waals surface area contributed by atoms with Crippen molar-refractivity contribution in [2.75, 3.05) is 5.01 Å². The van der Waals surface area contributed by atoms with Crippen LogP contribution in [0.4, 0.5) is 5.69 Å². The monoisotopic (exact) mass is 540 g/mol. The summed E-state index contributed by atoms with van der Waals surface area (Å²) < 4.78 is 7.40. The summed E-state index contributed by atoms with van der Waals surface area (Å²) in [6.07, 6.45) is 1.57. The fourth-order valence-electron chi connectivity index (χ4n) is 3.12. The Balaban J connectivity index is 1.55. The second-order valence-electron chi connectivity index (χ2n) is 7.06. The average Bonchev–Trinajstić information content (AvgIpc) is 3.03. The normalized spacial score (nSPS) is 14.8. The van der Waals surface area contributed by atoms with Crippen LogP contribution in [-0.2, 0) is 16.2 Å². The first kappa shape index (κ1) is 21.3. The van der Waals surface area contributed by atoms with Crippen molar-refractivity contribution in [3.05, 3.63) is 97.9 Å². The molecule has 1 aliphatic heterocycles. The van der Waals surface area contributed by atoms with Gasteiger partial charge >= 0.3 is 0 Å². The fraction of sp³-hybridized carbons (Fsp3) is 0.0833. The number of benzene rings is 3. The number of aryl methyl sites for hydroxylation is 1. The van der Waals surface area contributed by atoms with Crippen LogP contribution in [0, 0.1) is 6.92 Å². The van der Waals surface area contributed by atoms with E-state index in [1.54, 1.807) is 30.3 Å². The Hall–Kier alpha value is -2.90. The molecule has 1 N–H and O–H groups in total. The summed E-state index contributed by atoms with van der Waals surface area (Å²) in [4.78, 5) is 25.2. The van der Waals surface area contributed by atoms with Gasteiger partial charge in [-0.2, -0.15) is 0 Å². The lowest BCUT2D eigenvalue weighted by Gasteiger charge is -2.14. The van der Waals surface area contributed by atoms with E-state index in [4.69, 9.17) is 4.74 Å². The average molecular weight is 542 g/mol. The van der Waals surface area contributed by atoms with E-state index in [2.05, 4.69) is 37.3 Å². The Kier molecular flexibility index (Phi) is 6.25. The van der Waals surface area contributed by atoms with E-state index in [-0.39, 0.29) is 5.57 Å². The first-order chi connectivity index (χ1) is 14.9. The summed E-state index contributed by atoms with van der Waals surface area (Å²) >= 11 is 7.06. The lowest BCUT2D eigenvalue weighted by atomic mass is 10.1. The van der Waals surface area contributed by atoms with Gasteiger partial charge in [0.1, 0.15) is 17.9 Å². The second kappa shape index (κ2) is 9.08. The number of carbonyl (C=O) groups is 2. The predicted octanol–water partition coefficient (Wildman–Crippen LogP) is 5.56. The highest BCUT2D eigenvalue weighted by Crippen LogP contribution is 2.36. The topological polar surface area (TPSA) is 58.6 Å². The third-order valence-corrected chi connectivity index (χ3v) is 5.92. The number of hydrogen-bond donors (Lipinski definition) is 1. The molecule has 3 aromatic rings. The first-order valence-corrected chi connectivity index (χ1v) is 11.1. The molecule has 0 radical (unpaired) electrons. The summed E-state index contributed by atoms with van der Waals surface area (Å²) in [7, 11) is 0. The largest absolute Gasteiger partial charge is 0.487 e. The van der Waals surface area contributed by atoms with Crippen LogP contribution in [-0.4, -0.2) is 11.8 Å². The molecular weight excluding hydrogens is 524 g/mol. The van der Waals surface area contributed by atoms with E-state index in [1.165, 1.54) is 10.6 Å². The number of hydrogen-bond acceptors (Lipinski definition) is 3. The number of anilines is 1. The van der Waals surface area contributed by atoms with Gasteiger partial charge in [0.2, 0.25) is 0 Å². The maximum absolute atomic E-state index is 12.8. The third kappa shape index (κ3) is 4.73. The quantitative estimate of drug-likeness (QED) is 0.340. The molecule has 0 aromatic heterocycles. The van der Waals surface area contributed by atoms with Crippen molar-refractivity contribution in [1.29, 1.82) is 0 Å². The predicted molar refractivity (Wildman–Crippen MR) is 127 cm³/mol. The summed E-state index contributed by atoms with van der Waals surface area (Å²) in [5, 5.41) is 1.25. The molecule has 31 heavy (non-hydrogen) atoms. The summed E-state index contributed by atoms with van der Waals surface area (Å²) in [5.41, 5.74) is 6.21. The zero-order valence-corrected chi connectivity index (χ0v) is 19.7. The number of rotatable bonds is 5. The van der Waals surface area contributed by atoms with Crippen molar-refractivity contribution in [2.24, 2.45) is 0 Å². The van der Waals surface area contributed by atoms with E-state index in [0.717, 1.165) is 5.56 Å². The summed E-state index contributed by atoms with van der Waals surface area (Å²) in [5.74, 6) is -0.195. The fourth-order valence-corrected chi connectivity index (χ4v) is 4.57. The Morgan fingerprint density at radius 1 is 0.968 bits per heavy atom. The van der Waals surface area contributed by atoms with E-state index < -0.39 is 11.8 Å². The number of hydrazine groups is 1. The molecule has 0 atom stereocenters. The number of ether oxygens (including phenoxy) is 1. The molecule has 1 heterocycles. The van der Waals surface area contributed by atoms with Gasteiger partial charge in [0.15, 0.2) is 0 Å². The highest BCUT2D eigenvalue weighted by Gasteiger charge is 2.34. The standard InChI is InChI=1S/C24H18Br2N2O3/c1-15-7-9-16(10-8-15)14-31-22-20(25)12-17(13-21(22)26)11-19-23(29)27-28(24(19)30)18-5-3-2-4-6-18/h2-13H,14H2,1H3,(H,27,29)/b19-11-. The zero-order chi connectivity index (χ0) is 22.0. The van der Waals surface area contributed by atoms with E-state index in [0.29, 0.717) is 32.6 Å². The highest BCUT2D eigenvalue weighted by molar-refractivity contribution is 9.11. The van der Waals surface area contributed by atoms with Gasteiger partial charge < -0.3 is 4.74 Å². The van der Waals surface area contributed by atoms with Crippen LogP contribution in [0.3, 0.4) is 0 Å². The van der Waals surface area contributed by atoms with E-state index in [1.807, 2.05) is 49.4 Å². The van der Waals surface area contributed by atoms with Crippen molar-refractivity contribution in [3.63, 3.8) is 0 Å². The van der Waals surface area contributed by atoms with Gasteiger partial charge in [-0.3, -0.25) is 15.0 Å². The number of amides is 2. The highest BCUT2D eigenvalue weighted by atomic mass is 79.9. The van der Waals surface area contributed by atoms with Gasteiger partial charge in [-0.05, 0) is 80.3 Å². The lowest BCUT2D eigenvalue weighted by Crippen LogP contribution is -2.35. The molecule has 0 unspecified atom stereocenters. The van der Waals surface area contributed by atoms with Crippen LogP contribution in [0.1, 0.15) is 16.7 Å². The summed E-state index contributed by atoms with van der Waals surface area (Å²) in [6, 6.07) is 20.7. The van der Waals surface area contributed by atoms with Crippen LogP contribution in [0.2, 0.25) is 0 Å². The van der Waals surface area contributed by atoms with Crippen LogP contribution in [0.25, 0.3) is 6.08 Å². The summed E-state index contributed by atoms with van der Waals surface area (Å²) in [6.45, 7) is 2.46. The molecule has 0 bridgehead atoms. The Morgan fingerprint density at radius 3 is 2.26 bits per heavy atom. The second-order valence-corrected chi connectivity index (χ2v) is 8.77. The van der Waals surface area contributed by atoms with Gasteiger partial charge in [-0.25, -0.2) is 5.01 Å². The van der Waals surface area contributed by atoms with Gasteiger partial charge in [-0.15, -0.1) is 0 Å². The molecule has 1 saturated heterocycles. The molecule has 156 valence electrons. The maximum Gasteiger partial charge on any atom is 0.282 e. The Bertz CT molecular complexity index is 1150. The Morgan fingerprint density at radius 2 is 1.61 bits per heavy atom. The molecule has 3 aromatic carbocycles. The SMILES string of the molecule is Cc1ccc(COc2c(Br)cc(/C=C3/C(=O)NN(c4ccccc4)C3=O)cc2Br)cc1. The van der Waals surface area contributed by atoms with Crippen LogP contribution >= 0.6 is 31.9 Å². The van der Waals surface area contributed by atoms with Crippen molar-refractivity contribution < 1.29 is 14.3 Å². The van der Waals surface area contributed by atoms with Gasteiger partial charge in [-0.1, -0.05) is 48.0 Å². The number of halogens is 2. The van der Waals surface area contributed by atoms with Crippen LogP contribution < -0.4 is 15.2 Å². The Labute approximate surface area is 196 Å². The van der Waals surface area contributed by atoms with Crippen LogP contribution in [0.5, 0.6) is 5.75 Å². The van der Waals surface area contributed by atoms with Crippen molar-refractivity contribution in [3.8, 4) is 5.75 Å². The molecular formula is C24H18Br2N2O3. The molecule has 0 saturated carbocycles.